The predicted molar refractivity (Wildman–Crippen MR) is 120 cm³/mol. The Morgan fingerprint density at radius 3 is 2.71 bits per heavy atom. The monoisotopic (exact) mass is 439 g/mol. The second kappa shape index (κ2) is 8.63. The molecule has 7 nitrogen and oxygen atoms in total. The van der Waals surface area contributed by atoms with Crippen LogP contribution >= 0.6 is 11.3 Å². The number of urea groups is 1. The number of nitrogens with zero attached hydrogens (tertiary/aromatic N) is 1. The summed E-state index contributed by atoms with van der Waals surface area (Å²) in [6.45, 7) is 0.879. The summed E-state index contributed by atoms with van der Waals surface area (Å²) in [7, 11) is 0. The van der Waals surface area contributed by atoms with Crippen LogP contribution in [0.4, 0.5) is 4.79 Å². The molecule has 0 bridgehead atoms. The molecule has 1 saturated carbocycles. The van der Waals surface area contributed by atoms with Crippen LogP contribution in [0, 0.1) is 0 Å². The zero-order chi connectivity index (χ0) is 21.2. The summed E-state index contributed by atoms with van der Waals surface area (Å²) in [5.41, 5.74) is 1.03. The Morgan fingerprint density at radius 2 is 1.94 bits per heavy atom. The van der Waals surface area contributed by atoms with Gasteiger partial charge in [-0.05, 0) is 36.4 Å². The minimum atomic E-state index is -0.201. The number of fused-ring (bicyclic) bond motifs is 2. The first-order valence-corrected chi connectivity index (χ1v) is 11.6. The lowest BCUT2D eigenvalue weighted by atomic mass is 9.96. The average Bonchev–Trinajstić information content (AvgIpc) is 3.44. The number of benzene rings is 1. The van der Waals surface area contributed by atoms with Gasteiger partial charge in [-0.2, -0.15) is 0 Å². The minimum absolute atomic E-state index is 0.120. The zero-order valence-electron chi connectivity index (χ0n) is 17.2. The maximum absolute atomic E-state index is 13.1. The van der Waals surface area contributed by atoms with E-state index < -0.39 is 0 Å². The maximum Gasteiger partial charge on any atom is 0.318 e. The summed E-state index contributed by atoms with van der Waals surface area (Å²) in [4.78, 5) is 31.7. The van der Waals surface area contributed by atoms with Gasteiger partial charge in [0.05, 0.1) is 18.6 Å². The number of thiophene rings is 1. The van der Waals surface area contributed by atoms with Gasteiger partial charge in [0.25, 0.3) is 5.56 Å². The number of aromatic nitrogens is 1. The van der Waals surface area contributed by atoms with Crippen LogP contribution in [0.15, 0.2) is 40.5 Å². The number of carbonyl (C=O) groups is 1. The van der Waals surface area contributed by atoms with E-state index in [9.17, 15) is 9.59 Å². The Morgan fingerprint density at radius 1 is 1.13 bits per heavy atom. The van der Waals surface area contributed by atoms with Gasteiger partial charge in [0.1, 0.15) is 0 Å². The molecule has 2 aliphatic rings. The molecule has 2 N–H and O–H groups in total. The highest BCUT2D eigenvalue weighted by molar-refractivity contribution is 7.09. The number of H-pyrrole nitrogens is 1. The molecule has 2 amide bonds. The highest BCUT2D eigenvalue weighted by Gasteiger charge is 2.22. The van der Waals surface area contributed by atoms with Crippen LogP contribution in [0.3, 0.4) is 0 Å². The Bertz CT molecular complexity index is 1140. The molecule has 1 aliphatic heterocycles. The molecule has 5 rings (SSSR count). The lowest BCUT2D eigenvalue weighted by molar-refractivity contribution is 0.174. The molecule has 31 heavy (non-hydrogen) atoms. The highest BCUT2D eigenvalue weighted by Crippen LogP contribution is 2.35. The van der Waals surface area contributed by atoms with Gasteiger partial charge < -0.3 is 24.7 Å². The van der Waals surface area contributed by atoms with Crippen LogP contribution in [0.1, 0.15) is 42.5 Å². The third kappa shape index (κ3) is 4.39. The Hall–Kier alpha value is -3.00. The highest BCUT2D eigenvalue weighted by atomic mass is 32.1. The lowest BCUT2D eigenvalue weighted by Gasteiger charge is -2.28. The van der Waals surface area contributed by atoms with Crippen molar-refractivity contribution in [1.29, 1.82) is 0 Å². The summed E-state index contributed by atoms with van der Waals surface area (Å²) in [5, 5.41) is 6.03. The van der Waals surface area contributed by atoms with Crippen molar-refractivity contribution in [3.8, 4) is 11.5 Å². The lowest BCUT2D eigenvalue weighted by Crippen LogP contribution is -2.45. The van der Waals surface area contributed by atoms with Crippen molar-refractivity contribution in [2.45, 2.75) is 51.2 Å². The van der Waals surface area contributed by atoms with Gasteiger partial charge in [0, 0.05) is 27.9 Å². The molecular formula is C23H25N3O4S. The summed E-state index contributed by atoms with van der Waals surface area (Å²) >= 11 is 1.61. The number of pyridine rings is 1. The smallest absolute Gasteiger partial charge is 0.318 e. The first-order chi connectivity index (χ1) is 15.2. The molecule has 0 unspecified atom stereocenters. The van der Waals surface area contributed by atoms with E-state index in [1.54, 1.807) is 22.3 Å². The van der Waals surface area contributed by atoms with Gasteiger partial charge in [-0.1, -0.05) is 25.3 Å². The molecular weight excluding hydrogens is 414 g/mol. The van der Waals surface area contributed by atoms with Crippen LogP contribution in [0.2, 0.25) is 0 Å². The molecule has 1 aliphatic carbocycles. The molecule has 2 aromatic heterocycles. The van der Waals surface area contributed by atoms with Crippen molar-refractivity contribution < 1.29 is 14.3 Å². The van der Waals surface area contributed by atoms with Crippen LogP contribution in [-0.2, 0) is 13.1 Å². The number of hydrogen-bond acceptors (Lipinski definition) is 5. The fourth-order valence-electron chi connectivity index (χ4n) is 4.27. The number of ether oxygens (including phenoxy) is 2. The Kier molecular flexibility index (Phi) is 5.55. The van der Waals surface area contributed by atoms with E-state index >= 15 is 0 Å². The molecule has 0 radical (unpaired) electrons. The summed E-state index contributed by atoms with van der Waals surface area (Å²) in [6, 6.07) is 9.56. The van der Waals surface area contributed by atoms with Crippen molar-refractivity contribution in [1.82, 2.24) is 15.2 Å². The first kappa shape index (κ1) is 19.9. The molecule has 0 saturated heterocycles. The number of aromatic amines is 1. The number of amides is 2. The van der Waals surface area contributed by atoms with Crippen LogP contribution in [-0.4, -0.2) is 28.7 Å². The van der Waals surface area contributed by atoms with Gasteiger partial charge in [-0.3, -0.25) is 4.79 Å². The largest absolute Gasteiger partial charge is 0.454 e. The topological polar surface area (TPSA) is 83.7 Å². The standard InChI is InChI=1S/C23H25N3O4S/c27-22-16(9-15-10-20-21(30-14-29-20)11-19(15)25-22)12-26(13-18-7-4-8-31-18)23(28)24-17-5-2-1-3-6-17/h4,7-11,17H,1-3,5-6,12-14H2,(H,24,28)(H,25,27). The predicted octanol–water partition coefficient (Wildman–Crippen LogP) is 4.36. The van der Waals surface area contributed by atoms with Gasteiger partial charge in [0.2, 0.25) is 6.79 Å². The molecule has 0 spiro atoms. The quantitative estimate of drug-likeness (QED) is 0.619. The van der Waals surface area contributed by atoms with Crippen LogP contribution in [0.25, 0.3) is 10.9 Å². The zero-order valence-corrected chi connectivity index (χ0v) is 18.0. The number of nitrogens with one attached hydrogen (secondary N) is 2. The van der Waals surface area contributed by atoms with E-state index in [1.807, 2.05) is 29.6 Å². The van der Waals surface area contributed by atoms with Crippen molar-refractivity contribution in [3.05, 3.63) is 56.5 Å². The van der Waals surface area contributed by atoms with Gasteiger partial charge in [-0.15, -0.1) is 11.3 Å². The summed E-state index contributed by atoms with van der Waals surface area (Å²) < 4.78 is 10.9. The Labute approximate surface area is 184 Å². The van der Waals surface area contributed by atoms with Gasteiger partial charge in [-0.25, -0.2) is 4.79 Å². The van der Waals surface area contributed by atoms with E-state index in [4.69, 9.17) is 9.47 Å². The van der Waals surface area contributed by atoms with E-state index in [0.717, 1.165) is 35.9 Å². The number of hydrogen-bond donors (Lipinski definition) is 2. The Balaban J connectivity index is 1.41. The molecule has 1 aromatic carbocycles. The maximum atomic E-state index is 13.1. The van der Waals surface area contributed by atoms with Gasteiger partial charge in [0.15, 0.2) is 11.5 Å². The SMILES string of the molecule is O=C(NC1CCCCC1)N(Cc1cccs1)Cc1cc2cc3c(cc2[nH]c1=O)OCO3. The normalized spacial score (nSPS) is 15.9. The fourth-order valence-corrected chi connectivity index (χ4v) is 4.99. The fraction of sp³-hybridized carbons (Fsp3) is 0.391. The first-order valence-electron chi connectivity index (χ1n) is 10.7. The molecule has 1 fully saturated rings. The van der Waals surface area contributed by atoms with Crippen LogP contribution < -0.4 is 20.3 Å². The van der Waals surface area contributed by atoms with E-state index in [1.165, 1.54) is 6.42 Å². The molecule has 8 heteroatoms. The minimum Gasteiger partial charge on any atom is -0.454 e. The third-order valence-electron chi connectivity index (χ3n) is 5.92. The van der Waals surface area contributed by atoms with E-state index in [2.05, 4.69) is 10.3 Å². The number of rotatable bonds is 5. The average molecular weight is 440 g/mol. The third-order valence-corrected chi connectivity index (χ3v) is 6.78. The van der Waals surface area contributed by atoms with E-state index in [-0.39, 0.29) is 31.0 Å². The van der Waals surface area contributed by atoms with Crippen molar-refractivity contribution in [3.63, 3.8) is 0 Å². The molecule has 162 valence electrons. The van der Waals surface area contributed by atoms with Crippen molar-refractivity contribution in [2.24, 2.45) is 0 Å². The van der Waals surface area contributed by atoms with Crippen molar-refractivity contribution in [2.75, 3.05) is 6.79 Å². The molecule has 0 atom stereocenters. The van der Waals surface area contributed by atoms with Crippen molar-refractivity contribution >= 4 is 28.3 Å². The van der Waals surface area contributed by atoms with Gasteiger partial charge >= 0.3 is 6.03 Å². The summed E-state index contributed by atoms with van der Waals surface area (Å²) in [6.07, 6.45) is 5.56. The van der Waals surface area contributed by atoms with Crippen LogP contribution in [0.5, 0.6) is 11.5 Å². The molecule has 3 heterocycles. The van der Waals surface area contributed by atoms with E-state index in [0.29, 0.717) is 29.1 Å². The molecule has 3 aromatic rings. The number of carbonyl (C=O) groups excluding carboxylic acids is 1. The second-order valence-corrected chi connectivity index (χ2v) is 9.17. The summed E-state index contributed by atoms with van der Waals surface area (Å²) in [5.74, 6) is 1.29. The second-order valence-electron chi connectivity index (χ2n) is 8.14.